The third kappa shape index (κ3) is 3.32. The van der Waals surface area contributed by atoms with E-state index in [-0.39, 0.29) is 36.5 Å². The second-order valence-electron chi connectivity index (χ2n) is 6.34. The summed E-state index contributed by atoms with van der Waals surface area (Å²) in [6.45, 7) is 4.31. The summed E-state index contributed by atoms with van der Waals surface area (Å²) >= 11 is 0. The van der Waals surface area contributed by atoms with Gasteiger partial charge in [-0.3, -0.25) is 9.59 Å². The Kier molecular flexibility index (Phi) is 5.02. The first-order valence-electron chi connectivity index (χ1n) is 7.64. The van der Waals surface area contributed by atoms with Crippen molar-refractivity contribution < 1.29 is 14.3 Å². The lowest BCUT2D eigenvalue weighted by atomic mass is 9.88. The number of amides is 2. The first-order valence-corrected chi connectivity index (χ1v) is 7.64. The van der Waals surface area contributed by atoms with Gasteiger partial charge in [-0.2, -0.15) is 0 Å². The molecule has 3 atom stereocenters. The van der Waals surface area contributed by atoms with Crippen LogP contribution >= 0.6 is 0 Å². The van der Waals surface area contributed by atoms with E-state index in [4.69, 9.17) is 4.74 Å². The predicted octanol–water partition coefficient (Wildman–Crippen LogP) is 1.32. The smallest absolute Gasteiger partial charge is 0.243 e. The summed E-state index contributed by atoms with van der Waals surface area (Å²) in [6.07, 6.45) is 4.88. The Hall–Kier alpha value is -1.10. The zero-order valence-corrected chi connectivity index (χ0v) is 12.7. The van der Waals surface area contributed by atoms with Crippen molar-refractivity contribution in [1.29, 1.82) is 0 Å². The molecule has 1 aliphatic heterocycles. The molecule has 0 radical (unpaired) electrons. The van der Waals surface area contributed by atoms with Gasteiger partial charge in [0.2, 0.25) is 11.8 Å². The minimum Gasteiger partial charge on any atom is -0.381 e. The Labute approximate surface area is 121 Å². The maximum absolute atomic E-state index is 12.3. The average molecular weight is 282 g/mol. The molecule has 2 aliphatic rings. The fraction of sp³-hybridized carbons (Fsp3) is 0.867. The number of carbonyl (C=O) groups is 2. The van der Waals surface area contributed by atoms with Gasteiger partial charge in [0.1, 0.15) is 6.04 Å². The number of nitrogens with zero attached hydrogens (tertiary/aromatic N) is 1. The molecule has 5 heteroatoms. The number of hydrogen-bond donors (Lipinski definition) is 1. The molecule has 0 aromatic heterocycles. The number of hydrogen-bond acceptors (Lipinski definition) is 3. The van der Waals surface area contributed by atoms with Gasteiger partial charge in [0, 0.05) is 13.2 Å². The van der Waals surface area contributed by atoms with Crippen molar-refractivity contribution in [3.05, 3.63) is 0 Å². The Bertz CT molecular complexity index is 370. The van der Waals surface area contributed by atoms with Crippen LogP contribution in [0.25, 0.3) is 0 Å². The average Bonchev–Trinajstić information content (AvgIpc) is 2.42. The quantitative estimate of drug-likeness (QED) is 0.846. The van der Waals surface area contributed by atoms with Crippen molar-refractivity contribution in [3.63, 3.8) is 0 Å². The lowest BCUT2D eigenvalue weighted by Crippen LogP contribution is -2.62. The molecule has 1 heterocycles. The van der Waals surface area contributed by atoms with E-state index >= 15 is 0 Å². The van der Waals surface area contributed by atoms with E-state index in [9.17, 15) is 9.59 Å². The zero-order chi connectivity index (χ0) is 14.7. The van der Waals surface area contributed by atoms with Crippen molar-refractivity contribution in [1.82, 2.24) is 10.2 Å². The van der Waals surface area contributed by atoms with Gasteiger partial charge in [-0.05, 0) is 38.0 Å². The molecule has 0 bridgehead atoms. The molecular formula is C15H26N2O3. The number of piperazine rings is 1. The Morgan fingerprint density at radius 2 is 2.10 bits per heavy atom. The highest BCUT2D eigenvalue weighted by Gasteiger charge is 2.40. The van der Waals surface area contributed by atoms with Crippen molar-refractivity contribution in [2.45, 2.75) is 64.1 Å². The van der Waals surface area contributed by atoms with Crippen molar-refractivity contribution >= 4 is 11.8 Å². The van der Waals surface area contributed by atoms with E-state index in [1.807, 2.05) is 4.90 Å². The molecule has 3 unspecified atom stereocenters. The normalized spacial score (nSPS) is 31.6. The second-order valence-corrected chi connectivity index (χ2v) is 6.34. The van der Waals surface area contributed by atoms with E-state index in [0.717, 1.165) is 32.1 Å². The van der Waals surface area contributed by atoms with Gasteiger partial charge in [0.25, 0.3) is 0 Å². The summed E-state index contributed by atoms with van der Waals surface area (Å²) in [5.41, 5.74) is 0. The number of carbonyl (C=O) groups excluding carboxylic acids is 2. The zero-order valence-electron chi connectivity index (χ0n) is 12.7. The SMILES string of the molecule is COC1CCCC(N2C(=O)CNC(=O)C2CC(C)C)C1. The van der Waals surface area contributed by atoms with E-state index in [1.54, 1.807) is 7.11 Å². The molecule has 1 N–H and O–H groups in total. The highest BCUT2D eigenvalue weighted by Crippen LogP contribution is 2.29. The summed E-state index contributed by atoms with van der Waals surface area (Å²) in [6, 6.07) is -0.159. The van der Waals surface area contributed by atoms with Crippen LogP contribution in [-0.2, 0) is 14.3 Å². The first kappa shape index (κ1) is 15.3. The fourth-order valence-electron chi connectivity index (χ4n) is 3.38. The topological polar surface area (TPSA) is 58.6 Å². The maximum atomic E-state index is 12.3. The summed E-state index contributed by atoms with van der Waals surface area (Å²) in [7, 11) is 1.73. The van der Waals surface area contributed by atoms with E-state index < -0.39 is 0 Å². The first-order chi connectivity index (χ1) is 9.52. The van der Waals surface area contributed by atoms with Crippen LogP contribution in [0.15, 0.2) is 0 Å². The molecule has 0 aromatic carbocycles. The van der Waals surface area contributed by atoms with Gasteiger partial charge in [-0.25, -0.2) is 0 Å². The molecule has 2 amide bonds. The number of ether oxygens (including phenoxy) is 1. The molecule has 2 rings (SSSR count). The van der Waals surface area contributed by atoms with Crippen LogP contribution in [0.4, 0.5) is 0 Å². The van der Waals surface area contributed by atoms with Crippen molar-refractivity contribution in [3.8, 4) is 0 Å². The largest absolute Gasteiger partial charge is 0.381 e. The van der Waals surface area contributed by atoms with Crippen LogP contribution in [0, 0.1) is 5.92 Å². The summed E-state index contributed by atoms with van der Waals surface area (Å²) in [5, 5.41) is 2.72. The third-order valence-corrected chi connectivity index (χ3v) is 4.36. The summed E-state index contributed by atoms with van der Waals surface area (Å²) in [5.74, 6) is 0.441. The molecule has 0 aromatic rings. The number of nitrogens with one attached hydrogen (secondary N) is 1. The predicted molar refractivity (Wildman–Crippen MR) is 76.2 cm³/mol. The van der Waals surface area contributed by atoms with Crippen LogP contribution in [0.1, 0.15) is 46.0 Å². The monoisotopic (exact) mass is 282 g/mol. The molecule has 0 spiro atoms. The van der Waals surface area contributed by atoms with E-state index in [2.05, 4.69) is 19.2 Å². The minimum atomic E-state index is -0.308. The minimum absolute atomic E-state index is 0.00200. The standard InChI is InChI=1S/C15H26N2O3/c1-10(2)7-13-15(19)16-9-14(18)17(13)11-5-4-6-12(8-11)20-3/h10-13H,4-9H2,1-3H3,(H,16,19). The number of methoxy groups -OCH3 is 1. The summed E-state index contributed by atoms with van der Waals surface area (Å²) < 4.78 is 5.45. The molecular weight excluding hydrogens is 256 g/mol. The molecule has 20 heavy (non-hydrogen) atoms. The second kappa shape index (κ2) is 6.57. The van der Waals surface area contributed by atoms with Gasteiger partial charge >= 0.3 is 0 Å². The fourth-order valence-corrected chi connectivity index (χ4v) is 3.38. The lowest BCUT2D eigenvalue weighted by molar-refractivity contribution is -0.150. The molecule has 114 valence electrons. The molecule has 1 saturated carbocycles. The highest BCUT2D eigenvalue weighted by molar-refractivity contribution is 5.95. The third-order valence-electron chi connectivity index (χ3n) is 4.36. The summed E-state index contributed by atoms with van der Waals surface area (Å²) in [4.78, 5) is 26.3. The molecule has 2 fully saturated rings. The van der Waals surface area contributed by atoms with Crippen LogP contribution in [0.2, 0.25) is 0 Å². The Morgan fingerprint density at radius 1 is 1.35 bits per heavy atom. The van der Waals surface area contributed by atoms with Crippen molar-refractivity contribution in [2.24, 2.45) is 5.92 Å². The van der Waals surface area contributed by atoms with Crippen LogP contribution < -0.4 is 5.32 Å². The van der Waals surface area contributed by atoms with E-state index in [1.165, 1.54) is 0 Å². The number of rotatable bonds is 4. The highest BCUT2D eigenvalue weighted by atomic mass is 16.5. The Morgan fingerprint density at radius 3 is 2.75 bits per heavy atom. The molecule has 5 nitrogen and oxygen atoms in total. The maximum Gasteiger partial charge on any atom is 0.243 e. The molecule has 1 aliphatic carbocycles. The van der Waals surface area contributed by atoms with Gasteiger partial charge in [-0.1, -0.05) is 13.8 Å². The van der Waals surface area contributed by atoms with Gasteiger partial charge in [0.15, 0.2) is 0 Å². The van der Waals surface area contributed by atoms with Crippen LogP contribution in [0.5, 0.6) is 0 Å². The van der Waals surface area contributed by atoms with Crippen molar-refractivity contribution in [2.75, 3.05) is 13.7 Å². The van der Waals surface area contributed by atoms with Gasteiger partial charge in [0.05, 0.1) is 12.6 Å². The Balaban J connectivity index is 2.14. The lowest BCUT2D eigenvalue weighted by Gasteiger charge is -2.43. The van der Waals surface area contributed by atoms with Gasteiger partial charge in [-0.15, -0.1) is 0 Å². The van der Waals surface area contributed by atoms with Gasteiger partial charge < -0.3 is 15.0 Å². The van der Waals surface area contributed by atoms with Crippen LogP contribution in [-0.4, -0.2) is 48.6 Å². The molecule has 1 saturated heterocycles. The van der Waals surface area contributed by atoms with E-state index in [0.29, 0.717) is 5.92 Å². The van der Waals surface area contributed by atoms with Crippen LogP contribution in [0.3, 0.4) is 0 Å².